The third-order valence-corrected chi connectivity index (χ3v) is 4.14. The molecule has 1 saturated heterocycles. The van der Waals surface area contributed by atoms with Crippen molar-refractivity contribution in [3.05, 3.63) is 45.8 Å². The smallest absolute Gasteiger partial charge is 0.336 e. The van der Waals surface area contributed by atoms with E-state index in [-0.39, 0.29) is 5.63 Å². The van der Waals surface area contributed by atoms with Gasteiger partial charge in [-0.15, -0.1) is 0 Å². The van der Waals surface area contributed by atoms with E-state index < -0.39 is 0 Å². The summed E-state index contributed by atoms with van der Waals surface area (Å²) in [7, 11) is 0. The fourth-order valence-electron chi connectivity index (χ4n) is 2.91. The summed E-state index contributed by atoms with van der Waals surface area (Å²) in [5, 5.41) is 9.74. The van der Waals surface area contributed by atoms with Crippen molar-refractivity contribution in [2.75, 3.05) is 32.7 Å². The molecule has 1 aromatic heterocycles. The number of fused-ring (bicyclic) bond motifs is 1. The van der Waals surface area contributed by atoms with Gasteiger partial charge in [-0.3, -0.25) is 9.80 Å². The van der Waals surface area contributed by atoms with Crippen LogP contribution in [0.25, 0.3) is 11.0 Å². The number of piperazine rings is 1. The van der Waals surface area contributed by atoms with Gasteiger partial charge in [0.15, 0.2) is 0 Å². The first-order valence-corrected chi connectivity index (χ1v) is 7.51. The normalized spacial score (nSPS) is 16.7. The van der Waals surface area contributed by atoms with Gasteiger partial charge in [-0.1, -0.05) is 12.1 Å². The Kier molecular flexibility index (Phi) is 4.23. The van der Waals surface area contributed by atoms with Gasteiger partial charge in [0.2, 0.25) is 0 Å². The lowest BCUT2D eigenvalue weighted by molar-refractivity contribution is 0.138. The molecule has 0 saturated carbocycles. The lowest BCUT2D eigenvalue weighted by atomic mass is 10.1. The van der Waals surface area contributed by atoms with Crippen molar-refractivity contribution in [3.8, 4) is 6.07 Å². The summed E-state index contributed by atoms with van der Waals surface area (Å²) in [6, 6.07) is 9.76. The second-order valence-corrected chi connectivity index (χ2v) is 5.80. The maximum atomic E-state index is 11.8. The molecule has 0 bridgehead atoms. The van der Waals surface area contributed by atoms with Crippen molar-refractivity contribution in [2.24, 2.45) is 0 Å². The Morgan fingerprint density at radius 1 is 1.18 bits per heavy atom. The van der Waals surface area contributed by atoms with Crippen molar-refractivity contribution in [3.63, 3.8) is 0 Å². The summed E-state index contributed by atoms with van der Waals surface area (Å²) in [5.41, 5.74) is 2.46. The van der Waals surface area contributed by atoms with Gasteiger partial charge in [0.05, 0.1) is 12.6 Å². The number of nitrogens with zero attached hydrogens (tertiary/aromatic N) is 3. The number of rotatable bonds is 3. The average molecular weight is 297 g/mol. The highest BCUT2D eigenvalue weighted by Gasteiger charge is 2.17. The highest BCUT2D eigenvalue weighted by molar-refractivity contribution is 5.80. The zero-order chi connectivity index (χ0) is 15.5. The Labute approximate surface area is 129 Å². The zero-order valence-corrected chi connectivity index (χ0v) is 12.7. The first-order valence-electron chi connectivity index (χ1n) is 7.51. The Hall–Kier alpha value is -2.16. The zero-order valence-electron chi connectivity index (χ0n) is 12.7. The number of benzene rings is 1. The Morgan fingerprint density at radius 2 is 1.91 bits per heavy atom. The van der Waals surface area contributed by atoms with Crippen LogP contribution in [0.15, 0.2) is 33.5 Å². The van der Waals surface area contributed by atoms with E-state index in [1.165, 1.54) is 0 Å². The third kappa shape index (κ3) is 3.19. The topological polar surface area (TPSA) is 60.5 Å². The minimum atomic E-state index is -0.295. The molecule has 1 aromatic carbocycles. The molecule has 5 nitrogen and oxygen atoms in total. The molecule has 1 aliphatic heterocycles. The summed E-state index contributed by atoms with van der Waals surface area (Å²) in [4.78, 5) is 16.2. The molecule has 0 spiro atoms. The third-order valence-electron chi connectivity index (χ3n) is 4.14. The summed E-state index contributed by atoms with van der Waals surface area (Å²) in [6.07, 6.45) is 0. The van der Waals surface area contributed by atoms with Crippen LogP contribution >= 0.6 is 0 Å². The molecule has 0 atom stereocenters. The molecule has 1 fully saturated rings. The largest absolute Gasteiger partial charge is 0.423 e. The fourth-order valence-corrected chi connectivity index (χ4v) is 2.91. The van der Waals surface area contributed by atoms with Gasteiger partial charge in [-0.2, -0.15) is 5.26 Å². The molecule has 0 amide bonds. The average Bonchev–Trinajstić information content (AvgIpc) is 2.49. The van der Waals surface area contributed by atoms with Crippen LogP contribution in [0.1, 0.15) is 11.1 Å². The summed E-state index contributed by atoms with van der Waals surface area (Å²) in [5.74, 6) is 0. The van der Waals surface area contributed by atoms with Crippen LogP contribution in [0.2, 0.25) is 0 Å². The fraction of sp³-hybridized carbons (Fsp3) is 0.412. The van der Waals surface area contributed by atoms with Crippen LogP contribution in [0, 0.1) is 18.3 Å². The monoisotopic (exact) mass is 297 g/mol. The predicted molar refractivity (Wildman–Crippen MR) is 84.6 cm³/mol. The molecule has 5 heteroatoms. The molecule has 2 aromatic rings. The minimum Gasteiger partial charge on any atom is -0.423 e. The highest BCUT2D eigenvalue weighted by Crippen LogP contribution is 2.20. The van der Waals surface area contributed by atoms with Crippen molar-refractivity contribution in [1.82, 2.24) is 9.80 Å². The molecule has 1 aliphatic rings. The van der Waals surface area contributed by atoms with Crippen molar-refractivity contribution in [2.45, 2.75) is 13.5 Å². The van der Waals surface area contributed by atoms with E-state index in [9.17, 15) is 4.79 Å². The molecule has 0 aliphatic carbocycles. The highest BCUT2D eigenvalue weighted by atomic mass is 16.4. The van der Waals surface area contributed by atoms with Gasteiger partial charge in [0.1, 0.15) is 5.58 Å². The second-order valence-electron chi connectivity index (χ2n) is 5.80. The van der Waals surface area contributed by atoms with Crippen LogP contribution in [0.4, 0.5) is 0 Å². The number of hydrogen-bond acceptors (Lipinski definition) is 5. The van der Waals surface area contributed by atoms with Gasteiger partial charge < -0.3 is 4.42 Å². The maximum Gasteiger partial charge on any atom is 0.336 e. The van der Waals surface area contributed by atoms with E-state index in [2.05, 4.69) is 15.9 Å². The number of aryl methyl sites for hydroxylation is 1. The van der Waals surface area contributed by atoms with Gasteiger partial charge in [-0.25, -0.2) is 4.79 Å². The quantitative estimate of drug-likeness (QED) is 0.638. The first-order chi connectivity index (χ1) is 10.7. The molecule has 0 radical (unpaired) electrons. The number of hydrogen-bond donors (Lipinski definition) is 0. The molecule has 0 N–H and O–H groups in total. The predicted octanol–water partition coefficient (Wildman–Crippen LogP) is 1.74. The molecule has 0 unspecified atom stereocenters. The number of nitriles is 1. The van der Waals surface area contributed by atoms with Gasteiger partial charge in [0.25, 0.3) is 0 Å². The van der Waals surface area contributed by atoms with Crippen LogP contribution in [0.5, 0.6) is 0 Å². The van der Waals surface area contributed by atoms with Crippen LogP contribution in [0.3, 0.4) is 0 Å². The van der Waals surface area contributed by atoms with Gasteiger partial charge in [0, 0.05) is 44.2 Å². The molecule has 3 rings (SSSR count). The van der Waals surface area contributed by atoms with E-state index in [1.54, 1.807) is 6.07 Å². The van der Waals surface area contributed by atoms with Crippen LogP contribution < -0.4 is 5.63 Å². The SMILES string of the molecule is Cc1ccc2c(CN3CCN(CC#N)CC3)cc(=O)oc2c1. The second kappa shape index (κ2) is 6.30. The van der Waals surface area contributed by atoms with Gasteiger partial charge in [-0.05, 0) is 24.1 Å². The van der Waals surface area contributed by atoms with E-state index in [1.807, 2.05) is 25.1 Å². The molecular weight excluding hydrogens is 278 g/mol. The Balaban J connectivity index is 1.80. The molecule has 2 heterocycles. The lowest BCUT2D eigenvalue weighted by Crippen LogP contribution is -2.45. The lowest BCUT2D eigenvalue weighted by Gasteiger charge is -2.33. The summed E-state index contributed by atoms with van der Waals surface area (Å²) < 4.78 is 5.30. The standard InChI is InChI=1S/C17H19N3O2/c1-13-2-3-15-14(11-17(21)22-16(15)10-13)12-20-8-6-19(5-4-18)7-9-20/h2-3,10-11H,5-9,12H2,1H3. The van der Waals surface area contributed by atoms with Crippen molar-refractivity contribution >= 4 is 11.0 Å². The van der Waals surface area contributed by atoms with Gasteiger partial charge >= 0.3 is 5.63 Å². The first kappa shape index (κ1) is 14.8. The van der Waals surface area contributed by atoms with Crippen LogP contribution in [-0.4, -0.2) is 42.5 Å². The molecule has 22 heavy (non-hydrogen) atoms. The minimum absolute atomic E-state index is 0.295. The van der Waals surface area contributed by atoms with E-state index in [0.717, 1.165) is 49.2 Å². The van der Waals surface area contributed by atoms with E-state index >= 15 is 0 Å². The maximum absolute atomic E-state index is 11.8. The summed E-state index contributed by atoms with van der Waals surface area (Å²) in [6.45, 7) is 6.83. The van der Waals surface area contributed by atoms with Crippen molar-refractivity contribution < 1.29 is 4.42 Å². The van der Waals surface area contributed by atoms with Crippen molar-refractivity contribution in [1.29, 1.82) is 5.26 Å². The summed E-state index contributed by atoms with van der Waals surface area (Å²) >= 11 is 0. The Bertz CT molecular complexity index is 768. The molecular formula is C17H19N3O2. The Morgan fingerprint density at radius 3 is 2.64 bits per heavy atom. The van der Waals surface area contributed by atoms with E-state index in [4.69, 9.17) is 9.68 Å². The van der Waals surface area contributed by atoms with Crippen LogP contribution in [-0.2, 0) is 6.54 Å². The molecule has 114 valence electrons. The van der Waals surface area contributed by atoms with E-state index in [0.29, 0.717) is 12.1 Å².